The molecule has 0 unspecified atom stereocenters. The highest BCUT2D eigenvalue weighted by Gasteiger charge is 2.38. The van der Waals surface area contributed by atoms with Crippen LogP contribution in [0, 0.1) is 0 Å². The molecule has 3 rings (SSSR count). The van der Waals surface area contributed by atoms with Gasteiger partial charge in [-0.3, -0.25) is 0 Å². The Kier molecular flexibility index (Phi) is 4.27. The molecule has 1 spiro atoms. The van der Waals surface area contributed by atoms with Gasteiger partial charge in [0.15, 0.2) is 11.5 Å². The molecule has 1 aromatic carbocycles. The molecule has 2 N–H and O–H groups in total. The maximum atomic E-state index is 6.40. The van der Waals surface area contributed by atoms with Crippen molar-refractivity contribution < 1.29 is 14.2 Å². The van der Waals surface area contributed by atoms with Crippen LogP contribution >= 0.6 is 0 Å². The Bertz CT molecular complexity index is 563. The fraction of sp³-hybridized carbons (Fsp3) is 0.529. The molecule has 0 aromatic heterocycles. The van der Waals surface area contributed by atoms with E-state index in [-0.39, 0.29) is 5.60 Å². The summed E-state index contributed by atoms with van der Waals surface area (Å²) in [5.41, 5.74) is 6.44. The van der Waals surface area contributed by atoms with E-state index in [1.165, 1.54) is 0 Å². The summed E-state index contributed by atoms with van der Waals surface area (Å²) in [4.78, 5) is 2.39. The van der Waals surface area contributed by atoms with Crippen molar-refractivity contribution in [3.63, 3.8) is 0 Å². The molecule has 2 aliphatic heterocycles. The van der Waals surface area contributed by atoms with Gasteiger partial charge in [-0.05, 0) is 18.2 Å². The molecule has 0 aliphatic carbocycles. The molecule has 1 fully saturated rings. The number of rotatable bonds is 4. The average Bonchev–Trinajstić information content (AvgIpc) is 2.56. The molecule has 2 heterocycles. The van der Waals surface area contributed by atoms with Gasteiger partial charge in [-0.15, -0.1) is 0 Å². The van der Waals surface area contributed by atoms with E-state index < -0.39 is 0 Å². The van der Waals surface area contributed by atoms with Crippen LogP contribution in [-0.2, 0) is 0 Å². The van der Waals surface area contributed by atoms with Gasteiger partial charge in [-0.1, -0.05) is 6.08 Å². The van der Waals surface area contributed by atoms with Crippen LogP contribution in [-0.4, -0.2) is 50.9 Å². The second-order valence-corrected chi connectivity index (χ2v) is 5.85. The van der Waals surface area contributed by atoms with Crippen molar-refractivity contribution >= 4 is 6.08 Å². The van der Waals surface area contributed by atoms with E-state index in [9.17, 15) is 0 Å². The molecule has 1 aromatic rings. The lowest BCUT2D eigenvalue weighted by molar-refractivity contribution is 0.0374. The third-order valence-corrected chi connectivity index (χ3v) is 4.55. The summed E-state index contributed by atoms with van der Waals surface area (Å²) >= 11 is 0. The highest BCUT2D eigenvalue weighted by molar-refractivity contribution is 5.69. The Balaban J connectivity index is 1.84. The molecule has 5 heteroatoms. The fourth-order valence-electron chi connectivity index (χ4n) is 3.24. The Hall–Kier alpha value is -1.72. The van der Waals surface area contributed by atoms with Crippen LogP contribution in [0.3, 0.4) is 0 Å². The summed E-state index contributed by atoms with van der Waals surface area (Å²) in [5.74, 6) is 2.16. The van der Waals surface area contributed by atoms with Crippen LogP contribution in [0.2, 0.25) is 0 Å². The first kappa shape index (κ1) is 15.2. The van der Waals surface area contributed by atoms with Gasteiger partial charge in [0, 0.05) is 44.6 Å². The summed E-state index contributed by atoms with van der Waals surface area (Å²) in [6, 6.07) is 3.91. The Labute approximate surface area is 131 Å². The second-order valence-electron chi connectivity index (χ2n) is 5.85. The molecule has 0 bridgehead atoms. The molecule has 1 saturated heterocycles. The number of nitrogens with zero attached hydrogens (tertiary/aromatic N) is 1. The zero-order valence-electron chi connectivity index (χ0n) is 13.3. The lowest BCUT2D eigenvalue weighted by atomic mass is 9.88. The van der Waals surface area contributed by atoms with Gasteiger partial charge < -0.3 is 24.8 Å². The lowest BCUT2D eigenvalue weighted by Gasteiger charge is -2.42. The Morgan fingerprint density at radius 1 is 1.23 bits per heavy atom. The molecule has 0 radical (unpaired) electrons. The predicted molar refractivity (Wildman–Crippen MR) is 86.7 cm³/mol. The van der Waals surface area contributed by atoms with Crippen LogP contribution < -0.4 is 19.9 Å². The number of benzene rings is 1. The van der Waals surface area contributed by atoms with Crippen LogP contribution in [0.25, 0.3) is 6.08 Å². The predicted octanol–water partition coefficient (Wildman–Crippen LogP) is 1.90. The maximum absolute atomic E-state index is 6.40. The van der Waals surface area contributed by atoms with Crippen molar-refractivity contribution in [1.82, 2.24) is 4.90 Å². The molecule has 0 amide bonds. The largest absolute Gasteiger partial charge is 0.493 e. The molecule has 5 nitrogen and oxygen atoms in total. The summed E-state index contributed by atoms with van der Waals surface area (Å²) in [6.07, 6.45) is 6.26. The minimum atomic E-state index is -0.238. The van der Waals surface area contributed by atoms with E-state index in [1.807, 2.05) is 12.1 Å². The quantitative estimate of drug-likeness (QED) is 0.921. The number of nitrogens with two attached hydrogens (primary N) is 1. The lowest BCUT2D eigenvalue weighted by Crippen LogP contribution is -2.48. The Morgan fingerprint density at radius 2 is 2.00 bits per heavy atom. The third-order valence-electron chi connectivity index (χ3n) is 4.55. The van der Waals surface area contributed by atoms with Crippen molar-refractivity contribution in [1.29, 1.82) is 0 Å². The van der Waals surface area contributed by atoms with Gasteiger partial charge in [0.2, 0.25) is 5.75 Å². The topological polar surface area (TPSA) is 57.0 Å². The fourth-order valence-corrected chi connectivity index (χ4v) is 3.24. The maximum Gasteiger partial charge on any atom is 0.203 e. The van der Waals surface area contributed by atoms with E-state index in [2.05, 4.69) is 17.1 Å². The molecule has 22 heavy (non-hydrogen) atoms. The van der Waals surface area contributed by atoms with Crippen LogP contribution in [0.1, 0.15) is 18.4 Å². The van der Waals surface area contributed by atoms with Crippen molar-refractivity contribution in [3.8, 4) is 17.2 Å². The van der Waals surface area contributed by atoms with Gasteiger partial charge >= 0.3 is 0 Å². The van der Waals surface area contributed by atoms with Gasteiger partial charge in [-0.25, -0.2) is 0 Å². The number of hydrogen-bond donors (Lipinski definition) is 1. The first-order valence-electron chi connectivity index (χ1n) is 7.77. The zero-order chi connectivity index (χ0) is 15.6. The summed E-state index contributed by atoms with van der Waals surface area (Å²) in [6.45, 7) is 3.66. The molecule has 120 valence electrons. The molecular weight excluding hydrogens is 280 g/mol. The minimum Gasteiger partial charge on any atom is -0.493 e. The van der Waals surface area contributed by atoms with Crippen molar-refractivity contribution in [2.45, 2.75) is 18.4 Å². The van der Waals surface area contributed by atoms with E-state index in [4.69, 9.17) is 19.9 Å². The monoisotopic (exact) mass is 304 g/mol. The number of fused-ring (bicyclic) bond motifs is 1. The standard InChI is InChI=1S/C17H24N2O3/c1-20-14-4-3-13-5-6-17(22-15(13)16(14)21-2)7-10-19(11-8-17)12-9-18/h3-6H,7-12,18H2,1-2H3. The number of methoxy groups -OCH3 is 2. The van der Waals surface area contributed by atoms with Gasteiger partial charge in [0.1, 0.15) is 5.60 Å². The van der Waals surface area contributed by atoms with E-state index in [1.54, 1.807) is 14.2 Å². The van der Waals surface area contributed by atoms with E-state index >= 15 is 0 Å². The normalized spacial score (nSPS) is 19.6. The van der Waals surface area contributed by atoms with Gasteiger partial charge in [0.25, 0.3) is 0 Å². The van der Waals surface area contributed by atoms with Crippen LogP contribution in [0.4, 0.5) is 0 Å². The van der Waals surface area contributed by atoms with E-state index in [0.717, 1.165) is 43.8 Å². The first-order chi connectivity index (χ1) is 10.7. The van der Waals surface area contributed by atoms with Gasteiger partial charge in [0.05, 0.1) is 14.2 Å². The second kappa shape index (κ2) is 6.18. The average molecular weight is 304 g/mol. The number of hydrogen-bond acceptors (Lipinski definition) is 5. The summed E-state index contributed by atoms with van der Waals surface area (Å²) < 4.78 is 17.3. The number of likely N-dealkylation sites (tertiary alicyclic amines) is 1. The smallest absolute Gasteiger partial charge is 0.203 e. The zero-order valence-corrected chi connectivity index (χ0v) is 13.3. The molecule has 0 saturated carbocycles. The highest BCUT2D eigenvalue weighted by atomic mass is 16.5. The summed E-state index contributed by atoms with van der Waals surface area (Å²) in [5, 5.41) is 0. The van der Waals surface area contributed by atoms with Crippen molar-refractivity contribution in [3.05, 3.63) is 23.8 Å². The Morgan fingerprint density at radius 3 is 2.64 bits per heavy atom. The van der Waals surface area contributed by atoms with Crippen molar-refractivity contribution in [2.24, 2.45) is 5.73 Å². The van der Waals surface area contributed by atoms with Crippen LogP contribution in [0.5, 0.6) is 17.2 Å². The minimum absolute atomic E-state index is 0.238. The summed E-state index contributed by atoms with van der Waals surface area (Å²) in [7, 11) is 3.29. The molecular formula is C17H24N2O3. The van der Waals surface area contributed by atoms with Crippen LogP contribution in [0.15, 0.2) is 18.2 Å². The third kappa shape index (κ3) is 2.66. The van der Waals surface area contributed by atoms with Crippen molar-refractivity contribution in [2.75, 3.05) is 40.4 Å². The first-order valence-corrected chi connectivity index (χ1v) is 7.77. The number of piperidine rings is 1. The van der Waals surface area contributed by atoms with Gasteiger partial charge in [-0.2, -0.15) is 0 Å². The molecule has 2 aliphatic rings. The van der Waals surface area contributed by atoms with E-state index in [0.29, 0.717) is 18.0 Å². The SMILES string of the molecule is COc1ccc2c(c1OC)OC1(C=C2)CCN(CCN)CC1. The number of ether oxygens (including phenoxy) is 3. The highest BCUT2D eigenvalue weighted by Crippen LogP contribution is 2.46. The molecule has 0 atom stereocenters.